The molecule has 0 aromatic carbocycles. The molecule has 1 unspecified atom stereocenters. The summed E-state index contributed by atoms with van der Waals surface area (Å²) in [6.07, 6.45) is 2.62. The molecule has 112 valence electrons. The van der Waals surface area contributed by atoms with Crippen LogP contribution in [0.5, 0.6) is 0 Å². The molecule has 0 amide bonds. The Labute approximate surface area is 120 Å². The van der Waals surface area contributed by atoms with E-state index in [-0.39, 0.29) is 23.6 Å². The zero-order valence-electron chi connectivity index (χ0n) is 12.9. The number of rotatable bonds is 4. The first-order chi connectivity index (χ1) is 9.08. The zero-order chi connectivity index (χ0) is 15.6. The Morgan fingerprint density at radius 2 is 1.90 bits per heavy atom. The number of carbonyl (C=O) groups excluding carboxylic acids is 3. The Kier molecular flexibility index (Phi) is 4.90. The van der Waals surface area contributed by atoms with Crippen molar-refractivity contribution in [2.45, 2.75) is 65.4 Å². The number of hydrogen-bond acceptors (Lipinski definition) is 4. The lowest BCUT2D eigenvalue weighted by Gasteiger charge is -2.34. The molecule has 1 aliphatic rings. The Morgan fingerprint density at radius 3 is 2.35 bits per heavy atom. The van der Waals surface area contributed by atoms with Gasteiger partial charge in [0.05, 0.1) is 5.41 Å². The smallest absolute Gasteiger partial charge is 0.333 e. The summed E-state index contributed by atoms with van der Waals surface area (Å²) in [6, 6.07) is 0. The maximum atomic E-state index is 12.2. The molecule has 0 radical (unpaired) electrons. The van der Waals surface area contributed by atoms with E-state index in [0.29, 0.717) is 12.8 Å². The molecule has 0 spiro atoms. The third-order valence-corrected chi connectivity index (χ3v) is 3.67. The predicted octanol–water partition coefficient (Wildman–Crippen LogP) is 2.99. The maximum Gasteiger partial charge on any atom is 0.333 e. The lowest BCUT2D eigenvalue weighted by molar-refractivity contribution is -0.150. The minimum atomic E-state index is -1.06. The van der Waals surface area contributed by atoms with Gasteiger partial charge in [-0.05, 0) is 47.0 Å². The molecule has 1 saturated carbocycles. The van der Waals surface area contributed by atoms with Crippen molar-refractivity contribution in [1.29, 1.82) is 0 Å². The van der Waals surface area contributed by atoms with Crippen molar-refractivity contribution in [3.8, 4) is 0 Å². The summed E-state index contributed by atoms with van der Waals surface area (Å²) in [7, 11) is 0. The summed E-state index contributed by atoms with van der Waals surface area (Å²) >= 11 is 0. The van der Waals surface area contributed by atoms with Crippen LogP contribution in [-0.4, -0.2) is 23.1 Å². The zero-order valence-corrected chi connectivity index (χ0v) is 12.9. The van der Waals surface area contributed by atoms with Crippen LogP contribution >= 0.6 is 0 Å². The van der Waals surface area contributed by atoms with Gasteiger partial charge < -0.3 is 4.74 Å². The van der Waals surface area contributed by atoms with Gasteiger partial charge in [-0.3, -0.25) is 9.59 Å². The molecule has 0 N–H and O–H groups in total. The highest BCUT2D eigenvalue weighted by Crippen LogP contribution is 2.39. The Hall–Kier alpha value is -1.45. The number of esters is 1. The number of Topliss-reactive ketones (excluding diaryl/α,β-unsaturated/α-hetero) is 2. The minimum Gasteiger partial charge on any atom is -0.457 e. The van der Waals surface area contributed by atoms with Gasteiger partial charge in [-0.25, -0.2) is 4.79 Å². The van der Waals surface area contributed by atoms with Crippen LogP contribution in [0.1, 0.15) is 59.8 Å². The molecule has 1 rings (SSSR count). The first-order valence-electron chi connectivity index (χ1n) is 7.04. The molecule has 0 aromatic heterocycles. The highest BCUT2D eigenvalue weighted by atomic mass is 16.6. The minimum absolute atomic E-state index is 0.0686. The monoisotopic (exact) mass is 280 g/mol. The molecule has 20 heavy (non-hydrogen) atoms. The normalized spacial score (nSPS) is 23.3. The van der Waals surface area contributed by atoms with Gasteiger partial charge in [0.2, 0.25) is 0 Å². The van der Waals surface area contributed by atoms with Crippen molar-refractivity contribution in [2.75, 3.05) is 0 Å². The molecule has 4 heteroatoms. The van der Waals surface area contributed by atoms with Crippen molar-refractivity contribution in [1.82, 2.24) is 0 Å². The molecule has 4 nitrogen and oxygen atoms in total. The second-order valence-electron chi connectivity index (χ2n) is 6.55. The van der Waals surface area contributed by atoms with E-state index in [0.717, 1.165) is 12.8 Å². The first kappa shape index (κ1) is 16.6. The number of ketones is 2. The standard InChI is InChI=1S/C16H24O4/c1-11(14(19)20-15(3,4)5)10-16(12(2)17)9-7-6-8-13(16)18/h1,6-10H2,2-5H3. The molecule has 0 heterocycles. The largest absolute Gasteiger partial charge is 0.457 e. The van der Waals surface area contributed by atoms with E-state index >= 15 is 0 Å². The Bertz CT molecular complexity index is 442. The topological polar surface area (TPSA) is 60.4 Å². The molecule has 0 bridgehead atoms. The van der Waals surface area contributed by atoms with Crippen LogP contribution in [0.2, 0.25) is 0 Å². The lowest BCUT2D eigenvalue weighted by atomic mass is 9.67. The van der Waals surface area contributed by atoms with Crippen molar-refractivity contribution >= 4 is 17.5 Å². The highest BCUT2D eigenvalue weighted by molar-refractivity contribution is 6.07. The third-order valence-electron chi connectivity index (χ3n) is 3.67. The average molecular weight is 280 g/mol. The second kappa shape index (κ2) is 5.90. The summed E-state index contributed by atoms with van der Waals surface area (Å²) in [5, 5.41) is 0. The van der Waals surface area contributed by atoms with Gasteiger partial charge in [-0.15, -0.1) is 0 Å². The van der Waals surface area contributed by atoms with Crippen molar-refractivity contribution in [2.24, 2.45) is 5.41 Å². The summed E-state index contributed by atoms with van der Waals surface area (Å²) in [5.74, 6) is -0.774. The fraction of sp³-hybridized carbons (Fsp3) is 0.688. The quantitative estimate of drug-likeness (QED) is 0.451. The fourth-order valence-corrected chi connectivity index (χ4v) is 2.56. The van der Waals surface area contributed by atoms with Gasteiger partial charge in [0.25, 0.3) is 0 Å². The Morgan fingerprint density at radius 1 is 1.30 bits per heavy atom. The van der Waals surface area contributed by atoms with Crippen LogP contribution in [-0.2, 0) is 19.1 Å². The molecule has 1 aliphatic carbocycles. The van der Waals surface area contributed by atoms with Crippen LogP contribution in [0.3, 0.4) is 0 Å². The van der Waals surface area contributed by atoms with E-state index < -0.39 is 17.0 Å². The Balaban J connectivity index is 2.86. The second-order valence-corrected chi connectivity index (χ2v) is 6.55. The van der Waals surface area contributed by atoms with Gasteiger partial charge in [0.1, 0.15) is 17.2 Å². The van der Waals surface area contributed by atoms with Crippen LogP contribution in [0, 0.1) is 5.41 Å². The van der Waals surface area contributed by atoms with E-state index in [2.05, 4.69) is 6.58 Å². The number of ether oxygens (including phenoxy) is 1. The molecule has 1 atom stereocenters. The van der Waals surface area contributed by atoms with Crippen LogP contribution in [0.4, 0.5) is 0 Å². The van der Waals surface area contributed by atoms with Gasteiger partial charge in [-0.1, -0.05) is 13.0 Å². The van der Waals surface area contributed by atoms with Crippen molar-refractivity contribution in [3.05, 3.63) is 12.2 Å². The molecule has 0 aromatic rings. The highest BCUT2D eigenvalue weighted by Gasteiger charge is 2.45. The van der Waals surface area contributed by atoms with Crippen LogP contribution in [0.15, 0.2) is 12.2 Å². The first-order valence-corrected chi connectivity index (χ1v) is 7.04. The lowest BCUT2D eigenvalue weighted by Crippen LogP contribution is -2.41. The van der Waals surface area contributed by atoms with Gasteiger partial charge in [0, 0.05) is 12.0 Å². The summed E-state index contributed by atoms with van der Waals surface area (Å²) in [4.78, 5) is 36.1. The molecule has 0 saturated heterocycles. The molecular weight excluding hydrogens is 256 g/mol. The maximum absolute atomic E-state index is 12.2. The van der Waals surface area contributed by atoms with E-state index in [1.54, 1.807) is 20.8 Å². The predicted molar refractivity (Wildman–Crippen MR) is 76.2 cm³/mol. The third kappa shape index (κ3) is 3.78. The molecular formula is C16H24O4. The van der Waals surface area contributed by atoms with E-state index in [1.165, 1.54) is 6.92 Å². The molecule has 0 aliphatic heterocycles. The summed E-state index contributed by atoms with van der Waals surface area (Å²) in [5.41, 5.74) is -1.47. The SMILES string of the molecule is C=C(CC1(C(C)=O)CCCCC1=O)C(=O)OC(C)(C)C. The number of hydrogen-bond donors (Lipinski definition) is 0. The summed E-state index contributed by atoms with van der Waals surface area (Å²) in [6.45, 7) is 10.4. The molecule has 1 fully saturated rings. The summed E-state index contributed by atoms with van der Waals surface area (Å²) < 4.78 is 5.24. The van der Waals surface area contributed by atoms with E-state index in [4.69, 9.17) is 4.74 Å². The van der Waals surface area contributed by atoms with Crippen molar-refractivity contribution < 1.29 is 19.1 Å². The average Bonchev–Trinajstić information content (AvgIpc) is 2.29. The fourth-order valence-electron chi connectivity index (χ4n) is 2.56. The van der Waals surface area contributed by atoms with Gasteiger partial charge in [0.15, 0.2) is 0 Å². The van der Waals surface area contributed by atoms with Crippen LogP contribution in [0.25, 0.3) is 0 Å². The van der Waals surface area contributed by atoms with Crippen molar-refractivity contribution in [3.63, 3.8) is 0 Å². The van der Waals surface area contributed by atoms with Crippen LogP contribution < -0.4 is 0 Å². The number of carbonyl (C=O) groups is 3. The van der Waals surface area contributed by atoms with Gasteiger partial charge >= 0.3 is 5.97 Å². The van der Waals surface area contributed by atoms with E-state index in [1.807, 2.05) is 0 Å². The van der Waals surface area contributed by atoms with Gasteiger partial charge in [-0.2, -0.15) is 0 Å². The van der Waals surface area contributed by atoms with E-state index in [9.17, 15) is 14.4 Å².